The van der Waals surface area contributed by atoms with Gasteiger partial charge in [0.15, 0.2) is 11.6 Å². The van der Waals surface area contributed by atoms with Crippen LogP contribution in [0.4, 0.5) is 10.1 Å². The highest BCUT2D eigenvalue weighted by Gasteiger charge is 2.26. The molecule has 1 fully saturated rings. The van der Waals surface area contributed by atoms with Gasteiger partial charge >= 0.3 is 0 Å². The third-order valence-corrected chi connectivity index (χ3v) is 2.12. The quantitative estimate of drug-likeness (QED) is 0.737. The van der Waals surface area contributed by atoms with Crippen molar-refractivity contribution in [1.82, 2.24) is 4.98 Å². The lowest BCUT2D eigenvalue weighted by Gasteiger charge is -2.17. The van der Waals surface area contributed by atoms with Gasteiger partial charge in [0.05, 0.1) is 18.5 Å². The van der Waals surface area contributed by atoms with Crippen molar-refractivity contribution < 1.29 is 9.13 Å². The van der Waals surface area contributed by atoms with Crippen LogP contribution in [-0.2, 0) is 0 Å². The van der Waals surface area contributed by atoms with Gasteiger partial charge in [-0.15, -0.1) is 0 Å². The van der Waals surface area contributed by atoms with Crippen molar-refractivity contribution in [2.24, 2.45) is 0 Å². The zero-order valence-electron chi connectivity index (χ0n) is 8.33. The Hall–Kier alpha value is -1.32. The van der Waals surface area contributed by atoms with Crippen LogP contribution in [0.1, 0.15) is 12.8 Å². The largest absolute Gasteiger partial charge is 0.485 e. The van der Waals surface area contributed by atoms with Crippen LogP contribution in [0.2, 0.25) is 0 Å². The first-order valence-electron chi connectivity index (χ1n) is 4.66. The number of ether oxygens (including phenoxy) is 1. The van der Waals surface area contributed by atoms with Crippen LogP contribution in [0.3, 0.4) is 0 Å². The number of halogens is 1. The van der Waals surface area contributed by atoms with Crippen molar-refractivity contribution in [3.05, 3.63) is 18.2 Å². The monoisotopic (exact) mass is 196 g/mol. The molecule has 0 aliphatic heterocycles. The predicted octanol–water partition coefficient (Wildman–Crippen LogP) is 1.83. The van der Waals surface area contributed by atoms with Gasteiger partial charge in [0, 0.05) is 14.1 Å². The molecule has 3 nitrogen and oxygen atoms in total. The Bertz CT molecular complexity index is 337. The fourth-order valence-electron chi connectivity index (χ4n) is 1.20. The molecule has 14 heavy (non-hydrogen) atoms. The number of hydrogen-bond acceptors (Lipinski definition) is 3. The van der Waals surface area contributed by atoms with Crippen LogP contribution in [0, 0.1) is 5.82 Å². The van der Waals surface area contributed by atoms with E-state index in [1.807, 2.05) is 14.1 Å². The number of pyridine rings is 1. The van der Waals surface area contributed by atoms with E-state index in [2.05, 4.69) is 4.98 Å². The number of nitrogens with zero attached hydrogens (tertiary/aromatic N) is 2. The lowest BCUT2D eigenvalue weighted by Crippen LogP contribution is -2.12. The SMILES string of the molecule is CN(C)c1cncc(F)c1OC1CC1. The molecule has 76 valence electrons. The molecular formula is C10H13FN2O. The fraction of sp³-hybridized carbons (Fsp3) is 0.500. The third-order valence-electron chi connectivity index (χ3n) is 2.12. The summed E-state index contributed by atoms with van der Waals surface area (Å²) in [6, 6.07) is 0. The summed E-state index contributed by atoms with van der Waals surface area (Å²) < 4.78 is 18.9. The minimum Gasteiger partial charge on any atom is -0.485 e. The van der Waals surface area contributed by atoms with Gasteiger partial charge < -0.3 is 9.64 Å². The van der Waals surface area contributed by atoms with Gasteiger partial charge in [0.1, 0.15) is 5.69 Å². The minimum atomic E-state index is -0.386. The lowest BCUT2D eigenvalue weighted by molar-refractivity contribution is 0.287. The molecule has 1 aromatic heterocycles. The number of aromatic nitrogens is 1. The first kappa shape index (κ1) is 9.24. The molecule has 0 atom stereocenters. The maximum atomic E-state index is 13.4. The van der Waals surface area contributed by atoms with Gasteiger partial charge in [-0.3, -0.25) is 4.98 Å². The Labute approximate surface area is 82.5 Å². The second kappa shape index (κ2) is 3.44. The van der Waals surface area contributed by atoms with Crippen molar-refractivity contribution in [2.45, 2.75) is 18.9 Å². The zero-order chi connectivity index (χ0) is 10.1. The number of anilines is 1. The molecule has 0 amide bonds. The van der Waals surface area contributed by atoms with Crippen LogP contribution >= 0.6 is 0 Å². The fourth-order valence-corrected chi connectivity index (χ4v) is 1.20. The van der Waals surface area contributed by atoms with Crippen LogP contribution < -0.4 is 9.64 Å². The van der Waals surface area contributed by atoms with Crippen molar-refractivity contribution in [1.29, 1.82) is 0 Å². The highest BCUT2D eigenvalue weighted by atomic mass is 19.1. The molecule has 0 saturated heterocycles. The second-order valence-electron chi connectivity index (χ2n) is 3.68. The van der Waals surface area contributed by atoms with E-state index in [4.69, 9.17) is 4.74 Å². The Morgan fingerprint density at radius 1 is 1.43 bits per heavy atom. The summed E-state index contributed by atoms with van der Waals surface area (Å²) in [6.45, 7) is 0. The van der Waals surface area contributed by atoms with E-state index >= 15 is 0 Å². The molecule has 1 heterocycles. The molecule has 1 saturated carbocycles. The van der Waals surface area contributed by atoms with Crippen LogP contribution in [-0.4, -0.2) is 25.2 Å². The highest BCUT2D eigenvalue weighted by molar-refractivity contribution is 5.56. The van der Waals surface area contributed by atoms with Crippen molar-refractivity contribution in [3.8, 4) is 5.75 Å². The lowest BCUT2D eigenvalue weighted by atomic mass is 10.3. The maximum Gasteiger partial charge on any atom is 0.185 e. The Morgan fingerprint density at radius 2 is 2.14 bits per heavy atom. The first-order valence-corrected chi connectivity index (χ1v) is 4.66. The summed E-state index contributed by atoms with van der Waals surface area (Å²) in [5, 5.41) is 0. The molecule has 1 aromatic rings. The molecule has 0 radical (unpaired) electrons. The first-order chi connectivity index (χ1) is 6.68. The normalized spacial score (nSPS) is 15.4. The number of rotatable bonds is 3. The Kier molecular flexibility index (Phi) is 2.27. The van der Waals surface area contributed by atoms with Gasteiger partial charge in [-0.05, 0) is 12.8 Å². The minimum absolute atomic E-state index is 0.200. The molecular weight excluding hydrogens is 183 g/mol. The summed E-state index contributed by atoms with van der Waals surface area (Å²) in [5.41, 5.74) is 0.692. The second-order valence-corrected chi connectivity index (χ2v) is 3.68. The molecule has 0 unspecified atom stereocenters. The Balaban J connectivity index is 2.31. The summed E-state index contributed by atoms with van der Waals surface area (Å²) in [5.74, 6) is -0.0596. The summed E-state index contributed by atoms with van der Waals surface area (Å²) in [4.78, 5) is 5.60. The molecule has 0 spiro atoms. The van der Waals surface area contributed by atoms with Gasteiger partial charge in [-0.1, -0.05) is 0 Å². The number of hydrogen-bond donors (Lipinski definition) is 0. The average molecular weight is 196 g/mol. The topological polar surface area (TPSA) is 25.4 Å². The standard InChI is InChI=1S/C10H13FN2O/c1-13(2)9-6-12-5-8(11)10(9)14-7-3-4-7/h5-7H,3-4H2,1-2H3. The summed E-state index contributed by atoms with van der Waals surface area (Å²) in [7, 11) is 3.69. The van der Waals surface area contributed by atoms with E-state index in [0.717, 1.165) is 12.8 Å². The smallest absolute Gasteiger partial charge is 0.185 e. The summed E-state index contributed by atoms with van der Waals surface area (Å²) >= 11 is 0. The highest BCUT2D eigenvalue weighted by Crippen LogP contribution is 2.34. The van der Waals surface area contributed by atoms with Gasteiger partial charge in [-0.2, -0.15) is 0 Å². The van der Waals surface area contributed by atoms with Gasteiger partial charge in [-0.25, -0.2) is 4.39 Å². The van der Waals surface area contributed by atoms with Crippen LogP contribution in [0.15, 0.2) is 12.4 Å². The third kappa shape index (κ3) is 1.78. The van der Waals surface area contributed by atoms with E-state index in [0.29, 0.717) is 11.4 Å². The van der Waals surface area contributed by atoms with E-state index in [1.165, 1.54) is 6.20 Å². The van der Waals surface area contributed by atoms with Crippen LogP contribution in [0.25, 0.3) is 0 Å². The van der Waals surface area contributed by atoms with Crippen molar-refractivity contribution in [3.63, 3.8) is 0 Å². The van der Waals surface area contributed by atoms with Gasteiger partial charge in [0.25, 0.3) is 0 Å². The van der Waals surface area contributed by atoms with Crippen molar-refractivity contribution in [2.75, 3.05) is 19.0 Å². The van der Waals surface area contributed by atoms with E-state index < -0.39 is 0 Å². The molecule has 4 heteroatoms. The molecule has 0 N–H and O–H groups in total. The molecule has 0 aromatic carbocycles. The zero-order valence-corrected chi connectivity index (χ0v) is 8.33. The molecule has 1 aliphatic rings. The van der Waals surface area contributed by atoms with Crippen molar-refractivity contribution >= 4 is 5.69 Å². The molecule has 1 aliphatic carbocycles. The van der Waals surface area contributed by atoms with Crippen LogP contribution in [0.5, 0.6) is 5.75 Å². The molecule has 0 bridgehead atoms. The average Bonchev–Trinajstić information content (AvgIpc) is 2.91. The predicted molar refractivity (Wildman–Crippen MR) is 52.2 cm³/mol. The summed E-state index contributed by atoms with van der Waals surface area (Å²) in [6.07, 6.45) is 5.04. The molecule has 2 rings (SSSR count). The maximum absolute atomic E-state index is 13.4. The Morgan fingerprint density at radius 3 is 2.71 bits per heavy atom. The van der Waals surface area contributed by atoms with E-state index in [9.17, 15) is 4.39 Å². The van der Waals surface area contributed by atoms with Gasteiger partial charge in [0.2, 0.25) is 0 Å². The van der Waals surface area contributed by atoms with E-state index in [1.54, 1.807) is 11.1 Å². The van der Waals surface area contributed by atoms with E-state index in [-0.39, 0.29) is 11.9 Å².